The molecule has 0 aromatic heterocycles. The highest BCUT2D eigenvalue weighted by atomic mass is 32.2. The quantitative estimate of drug-likeness (QED) is 0.427. The van der Waals surface area contributed by atoms with E-state index in [4.69, 9.17) is 15.2 Å². The van der Waals surface area contributed by atoms with Gasteiger partial charge in [-0.15, -0.1) is 0 Å². The van der Waals surface area contributed by atoms with E-state index in [1.165, 1.54) is 24.0 Å². The molecule has 1 aliphatic heterocycles. The summed E-state index contributed by atoms with van der Waals surface area (Å²) in [4.78, 5) is 0.786. The van der Waals surface area contributed by atoms with Gasteiger partial charge in [-0.25, -0.2) is 8.78 Å². The zero-order valence-electron chi connectivity index (χ0n) is 16.6. The summed E-state index contributed by atoms with van der Waals surface area (Å²) in [6.45, 7) is -0.464. The molecule has 2 aromatic carbocycles. The molecule has 1 heterocycles. The van der Waals surface area contributed by atoms with Gasteiger partial charge in [0.1, 0.15) is 29.5 Å². The maximum atomic E-state index is 13.4. The average molecular weight is 454 g/mol. The summed E-state index contributed by atoms with van der Waals surface area (Å²) in [5.41, 5.74) is 5.42. The Hall–Kier alpha value is -2.37. The molecule has 31 heavy (non-hydrogen) atoms. The lowest BCUT2D eigenvalue weighted by atomic mass is 9.97. The van der Waals surface area contributed by atoms with Crippen LogP contribution in [0.4, 0.5) is 8.78 Å². The Balaban J connectivity index is 1.75. The molecule has 0 radical (unpaired) electrons. The van der Waals surface area contributed by atoms with Gasteiger partial charge in [0, 0.05) is 16.7 Å². The lowest BCUT2D eigenvalue weighted by Crippen LogP contribution is -2.62. The van der Waals surface area contributed by atoms with E-state index >= 15 is 0 Å². The van der Waals surface area contributed by atoms with E-state index in [2.05, 4.69) is 5.32 Å². The van der Waals surface area contributed by atoms with E-state index in [1.807, 2.05) is 0 Å². The molecule has 0 bridgehead atoms. The Morgan fingerprint density at radius 2 is 1.87 bits per heavy atom. The van der Waals surface area contributed by atoms with Gasteiger partial charge in [-0.2, -0.15) is 0 Å². The van der Waals surface area contributed by atoms with Gasteiger partial charge in [0.05, 0.1) is 25.5 Å². The number of nitrogens with one attached hydrogen (secondary N) is 1. The van der Waals surface area contributed by atoms with E-state index in [0.717, 1.165) is 17.0 Å². The standard InChI is InChI=1S/C21H24F2N2O5S/c1-29-12-3-5-13(6-4-12)31-21-20(28)18(19(27)17(10-26)30-21)25-9-16(24)11-2-7-14(22)15(23)8-11/h2-9,17-21,25-28H,10,24H2,1H3/b16-9-. The van der Waals surface area contributed by atoms with Crippen LogP contribution in [-0.2, 0) is 4.74 Å². The molecule has 5 atom stereocenters. The molecule has 0 spiro atoms. The van der Waals surface area contributed by atoms with E-state index in [-0.39, 0.29) is 11.3 Å². The van der Waals surface area contributed by atoms with Crippen molar-refractivity contribution in [2.45, 2.75) is 34.7 Å². The maximum absolute atomic E-state index is 13.4. The van der Waals surface area contributed by atoms with Gasteiger partial charge < -0.3 is 35.8 Å². The predicted octanol–water partition coefficient (Wildman–Crippen LogP) is 1.42. The molecule has 0 aliphatic carbocycles. The molecule has 5 unspecified atom stereocenters. The van der Waals surface area contributed by atoms with Crippen molar-refractivity contribution in [2.24, 2.45) is 5.73 Å². The zero-order chi connectivity index (χ0) is 22.5. The number of aliphatic hydroxyl groups excluding tert-OH is 3. The number of benzene rings is 2. The number of ether oxygens (including phenoxy) is 2. The Bertz CT molecular complexity index is 915. The number of hydrogen-bond donors (Lipinski definition) is 5. The third kappa shape index (κ3) is 5.46. The third-order valence-electron chi connectivity index (χ3n) is 4.88. The summed E-state index contributed by atoms with van der Waals surface area (Å²) in [5, 5.41) is 33.7. The molecule has 1 aliphatic rings. The number of aliphatic hydroxyl groups is 3. The van der Waals surface area contributed by atoms with E-state index in [1.54, 1.807) is 31.4 Å². The first-order valence-electron chi connectivity index (χ1n) is 9.44. The van der Waals surface area contributed by atoms with Crippen molar-refractivity contribution in [3.8, 4) is 5.75 Å². The lowest BCUT2D eigenvalue weighted by Gasteiger charge is -2.42. The molecule has 6 N–H and O–H groups in total. The topological polar surface area (TPSA) is 117 Å². The minimum absolute atomic E-state index is 0.0738. The fraction of sp³-hybridized carbons (Fsp3) is 0.333. The van der Waals surface area contributed by atoms with Gasteiger partial charge in [-0.3, -0.25) is 0 Å². The first-order valence-corrected chi connectivity index (χ1v) is 10.3. The Kier molecular flexibility index (Phi) is 7.74. The molecule has 168 valence electrons. The van der Waals surface area contributed by atoms with Crippen LogP contribution in [0.15, 0.2) is 53.6 Å². The molecule has 3 rings (SSSR count). The summed E-state index contributed by atoms with van der Waals surface area (Å²) >= 11 is 1.22. The first kappa shape index (κ1) is 23.3. The number of nitrogens with two attached hydrogens (primary N) is 1. The highest BCUT2D eigenvalue weighted by Crippen LogP contribution is 2.34. The number of halogens is 2. The SMILES string of the molecule is COc1ccc(SC2OC(CO)C(O)C(N/C=C(\N)c3ccc(F)c(F)c3)C2O)cc1. The molecule has 2 aromatic rings. The predicted molar refractivity (Wildman–Crippen MR) is 112 cm³/mol. The highest BCUT2D eigenvalue weighted by Gasteiger charge is 2.44. The van der Waals surface area contributed by atoms with Gasteiger partial charge in [0.2, 0.25) is 0 Å². The van der Waals surface area contributed by atoms with Crippen LogP contribution >= 0.6 is 11.8 Å². The molecular formula is C21H24F2N2O5S. The molecule has 0 saturated carbocycles. The zero-order valence-corrected chi connectivity index (χ0v) is 17.4. The van der Waals surface area contributed by atoms with Crippen molar-refractivity contribution in [3.63, 3.8) is 0 Å². The number of methoxy groups -OCH3 is 1. The van der Waals surface area contributed by atoms with Crippen molar-refractivity contribution >= 4 is 17.5 Å². The van der Waals surface area contributed by atoms with Gasteiger partial charge >= 0.3 is 0 Å². The average Bonchev–Trinajstić information content (AvgIpc) is 2.77. The molecule has 7 nitrogen and oxygen atoms in total. The van der Waals surface area contributed by atoms with Crippen LogP contribution in [0.1, 0.15) is 5.56 Å². The number of rotatable bonds is 7. The molecule has 1 saturated heterocycles. The normalized spacial score (nSPS) is 26.5. The van der Waals surface area contributed by atoms with Crippen LogP contribution in [0, 0.1) is 11.6 Å². The first-order chi connectivity index (χ1) is 14.8. The Labute approximate surface area is 182 Å². The smallest absolute Gasteiger partial charge is 0.159 e. The minimum atomic E-state index is -1.25. The fourth-order valence-corrected chi connectivity index (χ4v) is 4.18. The third-order valence-corrected chi connectivity index (χ3v) is 6.05. The van der Waals surface area contributed by atoms with Gasteiger partial charge in [-0.1, -0.05) is 11.8 Å². The lowest BCUT2D eigenvalue weighted by molar-refractivity contribution is -0.164. The summed E-state index contributed by atoms with van der Waals surface area (Å²) in [7, 11) is 1.55. The second-order valence-corrected chi connectivity index (χ2v) is 8.09. The van der Waals surface area contributed by atoms with Crippen molar-refractivity contribution < 1.29 is 33.6 Å². The second kappa shape index (κ2) is 10.3. The van der Waals surface area contributed by atoms with Crippen LogP contribution in [0.5, 0.6) is 5.75 Å². The summed E-state index contributed by atoms with van der Waals surface area (Å²) in [6.07, 6.45) is -2.09. The van der Waals surface area contributed by atoms with Crippen LogP contribution in [0.3, 0.4) is 0 Å². The van der Waals surface area contributed by atoms with Crippen molar-refractivity contribution in [3.05, 3.63) is 65.9 Å². The summed E-state index contributed by atoms with van der Waals surface area (Å²) < 4.78 is 37.4. The monoisotopic (exact) mass is 454 g/mol. The Morgan fingerprint density at radius 1 is 1.16 bits per heavy atom. The number of thioether (sulfide) groups is 1. The highest BCUT2D eigenvalue weighted by molar-refractivity contribution is 7.99. The summed E-state index contributed by atoms with van der Waals surface area (Å²) in [5.74, 6) is -1.37. The van der Waals surface area contributed by atoms with E-state index in [9.17, 15) is 24.1 Å². The number of hydrogen-bond acceptors (Lipinski definition) is 8. The molecular weight excluding hydrogens is 430 g/mol. The van der Waals surface area contributed by atoms with Gasteiger partial charge in [0.25, 0.3) is 0 Å². The second-order valence-electron chi connectivity index (χ2n) is 6.92. The van der Waals surface area contributed by atoms with Crippen molar-refractivity contribution in [1.29, 1.82) is 0 Å². The molecule has 1 fully saturated rings. The van der Waals surface area contributed by atoms with Crippen LogP contribution in [-0.4, -0.2) is 58.8 Å². The van der Waals surface area contributed by atoms with Crippen LogP contribution in [0.25, 0.3) is 5.70 Å². The van der Waals surface area contributed by atoms with Gasteiger partial charge in [0.15, 0.2) is 11.6 Å². The Morgan fingerprint density at radius 3 is 2.48 bits per heavy atom. The molecule has 10 heteroatoms. The van der Waals surface area contributed by atoms with Gasteiger partial charge in [-0.05, 0) is 42.5 Å². The summed E-state index contributed by atoms with van der Waals surface area (Å²) in [6, 6.07) is 9.37. The maximum Gasteiger partial charge on any atom is 0.159 e. The van der Waals surface area contributed by atoms with Crippen LogP contribution < -0.4 is 15.8 Å². The fourth-order valence-electron chi connectivity index (χ4n) is 3.11. The van der Waals surface area contributed by atoms with Crippen LogP contribution in [0.2, 0.25) is 0 Å². The van der Waals surface area contributed by atoms with Crippen molar-refractivity contribution in [2.75, 3.05) is 13.7 Å². The van der Waals surface area contributed by atoms with E-state index < -0.39 is 48.0 Å². The van der Waals surface area contributed by atoms with E-state index in [0.29, 0.717) is 5.75 Å². The largest absolute Gasteiger partial charge is 0.497 e. The minimum Gasteiger partial charge on any atom is -0.497 e. The molecule has 0 amide bonds. The van der Waals surface area contributed by atoms with Crippen molar-refractivity contribution in [1.82, 2.24) is 5.32 Å².